The average Bonchev–Trinajstić information content (AvgIpc) is 3.03. The molecule has 2 amide bonds. The van der Waals surface area contributed by atoms with Crippen molar-refractivity contribution in [3.63, 3.8) is 0 Å². The van der Waals surface area contributed by atoms with E-state index in [9.17, 15) is 9.59 Å². The highest BCUT2D eigenvalue weighted by molar-refractivity contribution is 7.07. The second-order valence-electron chi connectivity index (χ2n) is 7.36. The van der Waals surface area contributed by atoms with Gasteiger partial charge >= 0.3 is 0 Å². The van der Waals surface area contributed by atoms with E-state index in [4.69, 9.17) is 0 Å². The van der Waals surface area contributed by atoms with Gasteiger partial charge in [0.25, 0.3) is 11.8 Å². The zero-order chi connectivity index (χ0) is 20.4. The predicted octanol–water partition coefficient (Wildman–Crippen LogP) is 3.16. The van der Waals surface area contributed by atoms with Crippen molar-refractivity contribution in [1.29, 1.82) is 0 Å². The van der Waals surface area contributed by atoms with Gasteiger partial charge in [-0.15, -0.1) is 5.10 Å². The number of nitrogens with zero attached hydrogens (tertiary/aromatic N) is 5. The minimum Gasteiger partial charge on any atom is -0.338 e. The topological polar surface area (TPSA) is 79.3 Å². The Morgan fingerprint density at radius 3 is 2.79 bits per heavy atom. The molecule has 2 aromatic heterocycles. The SMILES string of the molecule is Cc1nnsc1C(=O)N1CCC[C@H](N(C)C(=O)c2nccc3ccccc23)CC1. The highest BCUT2D eigenvalue weighted by Crippen LogP contribution is 2.23. The van der Waals surface area contributed by atoms with Crippen LogP contribution in [0.4, 0.5) is 0 Å². The molecule has 0 spiro atoms. The fourth-order valence-corrected chi connectivity index (χ4v) is 4.49. The van der Waals surface area contributed by atoms with Gasteiger partial charge in [0, 0.05) is 37.8 Å². The number of likely N-dealkylation sites (tertiary alicyclic amines) is 1. The number of carbonyl (C=O) groups excluding carboxylic acids is 2. The molecule has 0 bridgehead atoms. The van der Waals surface area contributed by atoms with Gasteiger partial charge in [0.2, 0.25) is 0 Å². The van der Waals surface area contributed by atoms with Crippen LogP contribution in [0.15, 0.2) is 36.5 Å². The van der Waals surface area contributed by atoms with Crippen LogP contribution in [-0.4, -0.2) is 62.4 Å². The molecule has 150 valence electrons. The first-order chi connectivity index (χ1) is 14.1. The van der Waals surface area contributed by atoms with Gasteiger partial charge in [0.05, 0.1) is 5.69 Å². The normalized spacial score (nSPS) is 17.2. The first-order valence-corrected chi connectivity index (χ1v) is 10.5. The van der Waals surface area contributed by atoms with E-state index in [2.05, 4.69) is 14.6 Å². The second-order valence-corrected chi connectivity index (χ2v) is 8.12. The number of hydrogen-bond donors (Lipinski definition) is 0. The monoisotopic (exact) mass is 409 g/mol. The van der Waals surface area contributed by atoms with E-state index >= 15 is 0 Å². The van der Waals surface area contributed by atoms with Crippen LogP contribution < -0.4 is 0 Å². The summed E-state index contributed by atoms with van der Waals surface area (Å²) in [6.45, 7) is 3.10. The Morgan fingerprint density at radius 1 is 1.17 bits per heavy atom. The van der Waals surface area contributed by atoms with Crippen molar-refractivity contribution in [3.8, 4) is 0 Å². The van der Waals surface area contributed by atoms with Crippen LogP contribution in [0.5, 0.6) is 0 Å². The third-order valence-electron chi connectivity index (χ3n) is 5.57. The molecule has 0 aliphatic carbocycles. The maximum absolute atomic E-state index is 13.2. The van der Waals surface area contributed by atoms with Crippen molar-refractivity contribution < 1.29 is 9.59 Å². The Kier molecular flexibility index (Phi) is 5.53. The molecule has 1 aliphatic heterocycles. The molecule has 1 aliphatic rings. The number of hydrogen-bond acceptors (Lipinski definition) is 6. The maximum Gasteiger partial charge on any atom is 0.273 e. The summed E-state index contributed by atoms with van der Waals surface area (Å²) in [5.41, 5.74) is 1.16. The van der Waals surface area contributed by atoms with Crippen LogP contribution in [0.3, 0.4) is 0 Å². The van der Waals surface area contributed by atoms with E-state index in [1.807, 2.05) is 42.3 Å². The molecule has 3 heterocycles. The number of pyridine rings is 1. The fourth-order valence-electron chi connectivity index (χ4n) is 3.86. The molecule has 0 radical (unpaired) electrons. The van der Waals surface area contributed by atoms with Gasteiger partial charge in [-0.25, -0.2) is 0 Å². The molecule has 1 saturated heterocycles. The average molecular weight is 410 g/mol. The molecule has 1 fully saturated rings. The zero-order valence-corrected chi connectivity index (χ0v) is 17.4. The minimum atomic E-state index is -0.0749. The molecule has 0 unspecified atom stereocenters. The van der Waals surface area contributed by atoms with E-state index in [0.717, 1.165) is 41.6 Å². The van der Waals surface area contributed by atoms with Crippen LogP contribution in [0.2, 0.25) is 0 Å². The Hall–Kier alpha value is -2.87. The summed E-state index contributed by atoms with van der Waals surface area (Å²) in [4.78, 5) is 34.6. The Morgan fingerprint density at radius 2 is 2.00 bits per heavy atom. The van der Waals surface area contributed by atoms with Crippen LogP contribution in [-0.2, 0) is 0 Å². The van der Waals surface area contributed by atoms with Crippen LogP contribution in [0.25, 0.3) is 10.8 Å². The van der Waals surface area contributed by atoms with Crippen molar-refractivity contribution in [3.05, 3.63) is 52.8 Å². The molecule has 29 heavy (non-hydrogen) atoms. The molecule has 7 nitrogen and oxygen atoms in total. The maximum atomic E-state index is 13.2. The van der Waals surface area contributed by atoms with E-state index < -0.39 is 0 Å². The van der Waals surface area contributed by atoms with Crippen LogP contribution in [0, 0.1) is 6.92 Å². The number of aromatic nitrogens is 3. The predicted molar refractivity (Wildman–Crippen MR) is 112 cm³/mol. The third kappa shape index (κ3) is 3.85. The lowest BCUT2D eigenvalue weighted by Gasteiger charge is -2.27. The Bertz CT molecular complexity index is 1040. The van der Waals surface area contributed by atoms with Crippen molar-refractivity contribution in [1.82, 2.24) is 24.4 Å². The Balaban J connectivity index is 1.48. The lowest BCUT2D eigenvalue weighted by atomic mass is 10.1. The van der Waals surface area contributed by atoms with Gasteiger partial charge in [-0.1, -0.05) is 28.8 Å². The summed E-state index contributed by atoms with van der Waals surface area (Å²) < 4.78 is 3.87. The van der Waals surface area contributed by atoms with Gasteiger partial charge in [-0.05, 0) is 49.2 Å². The van der Waals surface area contributed by atoms with Crippen molar-refractivity contribution in [2.45, 2.75) is 32.2 Å². The first-order valence-electron chi connectivity index (χ1n) is 9.75. The number of amides is 2. The summed E-state index contributed by atoms with van der Waals surface area (Å²) in [6.07, 6.45) is 4.13. The first kappa shape index (κ1) is 19.4. The molecule has 0 saturated carbocycles. The number of aryl methyl sites for hydroxylation is 1. The van der Waals surface area contributed by atoms with Gasteiger partial charge < -0.3 is 9.80 Å². The fraction of sp³-hybridized carbons (Fsp3) is 0.381. The zero-order valence-electron chi connectivity index (χ0n) is 16.5. The molecule has 0 N–H and O–H groups in total. The number of carbonyl (C=O) groups is 2. The molecular formula is C21H23N5O2S. The van der Waals surface area contributed by atoms with Crippen LogP contribution in [0.1, 0.15) is 45.1 Å². The highest BCUT2D eigenvalue weighted by Gasteiger charge is 2.28. The molecule has 8 heteroatoms. The van der Waals surface area contributed by atoms with Crippen molar-refractivity contribution in [2.75, 3.05) is 20.1 Å². The van der Waals surface area contributed by atoms with E-state index in [1.54, 1.807) is 18.0 Å². The third-order valence-corrected chi connectivity index (χ3v) is 6.39. The lowest BCUT2D eigenvalue weighted by molar-refractivity contribution is 0.0707. The summed E-state index contributed by atoms with van der Waals surface area (Å²) >= 11 is 1.14. The summed E-state index contributed by atoms with van der Waals surface area (Å²) in [6, 6.07) is 9.78. The smallest absolute Gasteiger partial charge is 0.273 e. The second kappa shape index (κ2) is 8.24. The van der Waals surface area contributed by atoms with E-state index in [0.29, 0.717) is 29.4 Å². The Labute approximate surface area is 173 Å². The quantitative estimate of drug-likeness (QED) is 0.664. The van der Waals surface area contributed by atoms with E-state index in [-0.39, 0.29) is 17.9 Å². The molecular weight excluding hydrogens is 386 g/mol. The van der Waals surface area contributed by atoms with Gasteiger partial charge in [-0.3, -0.25) is 14.6 Å². The summed E-state index contributed by atoms with van der Waals surface area (Å²) in [5, 5.41) is 5.81. The number of fused-ring (bicyclic) bond motifs is 1. The molecule has 1 aromatic carbocycles. The molecule has 1 atom stereocenters. The largest absolute Gasteiger partial charge is 0.338 e. The number of benzene rings is 1. The van der Waals surface area contributed by atoms with Crippen LogP contribution >= 0.6 is 11.5 Å². The van der Waals surface area contributed by atoms with Crippen molar-refractivity contribution >= 4 is 34.1 Å². The molecule has 3 aromatic rings. The summed E-state index contributed by atoms with van der Waals surface area (Å²) in [5.74, 6) is -0.0862. The molecule has 4 rings (SSSR count). The van der Waals surface area contributed by atoms with Gasteiger partial charge in [0.15, 0.2) is 0 Å². The minimum absolute atomic E-state index is 0.0113. The van der Waals surface area contributed by atoms with Crippen molar-refractivity contribution in [2.24, 2.45) is 0 Å². The number of rotatable bonds is 3. The standard InChI is InChI=1S/C21H23N5O2S/c1-14-19(29-24-23-14)21(28)26-12-5-7-16(10-13-26)25(2)20(27)18-17-8-4-3-6-15(17)9-11-22-18/h3-4,6,8-9,11,16H,5,7,10,12-13H2,1-2H3/t16-/m0/s1. The van der Waals surface area contributed by atoms with Gasteiger partial charge in [-0.2, -0.15) is 0 Å². The van der Waals surface area contributed by atoms with Gasteiger partial charge in [0.1, 0.15) is 10.6 Å². The summed E-state index contributed by atoms with van der Waals surface area (Å²) in [7, 11) is 1.84. The lowest BCUT2D eigenvalue weighted by Crippen LogP contribution is -2.39. The van der Waals surface area contributed by atoms with E-state index in [1.165, 1.54) is 0 Å². The highest BCUT2D eigenvalue weighted by atomic mass is 32.1.